The van der Waals surface area contributed by atoms with Gasteiger partial charge in [-0.05, 0) is 42.2 Å². The number of nitrogens with zero attached hydrogens (tertiary/aromatic N) is 4. The maximum Gasteiger partial charge on any atom is 0.233 e. The number of carbonyl (C=O) groups is 2. The average molecular weight is 496 g/mol. The van der Waals surface area contributed by atoms with Crippen LogP contribution in [0.2, 0.25) is 5.02 Å². The monoisotopic (exact) mass is 495 g/mol. The van der Waals surface area contributed by atoms with E-state index >= 15 is 0 Å². The van der Waals surface area contributed by atoms with E-state index in [9.17, 15) is 9.59 Å². The Morgan fingerprint density at radius 3 is 2.76 bits per heavy atom. The number of aryl methyl sites for hydroxylation is 1. The first-order valence-electron chi connectivity index (χ1n) is 11.0. The number of hydrogen-bond donors (Lipinski definition) is 1. The highest BCUT2D eigenvalue weighted by molar-refractivity contribution is 7.99. The summed E-state index contributed by atoms with van der Waals surface area (Å²) in [5.41, 5.74) is 4.07. The predicted octanol–water partition coefficient (Wildman–Crippen LogP) is 4.28. The van der Waals surface area contributed by atoms with E-state index < -0.39 is 0 Å². The lowest BCUT2D eigenvalue weighted by molar-refractivity contribution is -0.129. The summed E-state index contributed by atoms with van der Waals surface area (Å²) in [6, 6.07) is 13.6. The molecule has 2 amide bonds. The summed E-state index contributed by atoms with van der Waals surface area (Å²) in [5.74, 6) is 0.601. The zero-order valence-corrected chi connectivity index (χ0v) is 20.5. The Hall–Kier alpha value is -3.10. The molecule has 0 atom stereocenters. The van der Waals surface area contributed by atoms with Gasteiger partial charge >= 0.3 is 0 Å². The van der Waals surface area contributed by atoms with Gasteiger partial charge in [0.1, 0.15) is 5.82 Å². The number of carbonyl (C=O) groups excluding carboxylic acids is 2. The molecule has 0 bridgehead atoms. The summed E-state index contributed by atoms with van der Waals surface area (Å²) in [6.07, 6.45) is 2.63. The van der Waals surface area contributed by atoms with Crippen molar-refractivity contribution < 1.29 is 9.59 Å². The summed E-state index contributed by atoms with van der Waals surface area (Å²) < 4.78 is 1.82. The van der Waals surface area contributed by atoms with Crippen LogP contribution in [0.4, 0.5) is 5.69 Å². The minimum absolute atomic E-state index is 0.0454. The molecule has 0 fully saturated rings. The van der Waals surface area contributed by atoms with E-state index in [1.807, 2.05) is 34.6 Å². The summed E-state index contributed by atoms with van der Waals surface area (Å²) in [7, 11) is 0. The maximum absolute atomic E-state index is 12.8. The third-order valence-electron chi connectivity index (χ3n) is 5.69. The number of fused-ring (bicyclic) bond motifs is 1. The van der Waals surface area contributed by atoms with E-state index in [2.05, 4.69) is 34.2 Å². The highest BCUT2D eigenvalue weighted by atomic mass is 35.5. The number of anilines is 1. The van der Waals surface area contributed by atoms with Crippen molar-refractivity contribution in [2.75, 3.05) is 17.6 Å². The molecule has 1 aromatic heterocycles. The lowest BCUT2D eigenvalue weighted by Crippen LogP contribution is -2.37. The van der Waals surface area contributed by atoms with E-state index in [1.165, 1.54) is 22.9 Å². The van der Waals surface area contributed by atoms with Gasteiger partial charge in [0.15, 0.2) is 5.16 Å². The maximum atomic E-state index is 12.8. The molecule has 3 aromatic rings. The van der Waals surface area contributed by atoms with Crippen LogP contribution in [-0.4, -0.2) is 43.8 Å². The van der Waals surface area contributed by atoms with Crippen molar-refractivity contribution in [3.8, 4) is 0 Å². The summed E-state index contributed by atoms with van der Waals surface area (Å²) in [6.45, 7) is 7.48. The van der Waals surface area contributed by atoms with Crippen LogP contribution in [0.1, 0.15) is 22.5 Å². The second-order valence-corrected chi connectivity index (χ2v) is 9.46. The quantitative estimate of drug-likeness (QED) is 0.372. The van der Waals surface area contributed by atoms with Crippen molar-refractivity contribution in [1.29, 1.82) is 0 Å². The number of aromatic nitrogens is 3. The van der Waals surface area contributed by atoms with Crippen molar-refractivity contribution in [1.82, 2.24) is 19.7 Å². The fourth-order valence-electron chi connectivity index (χ4n) is 3.81. The number of thioether (sulfide) groups is 1. The normalized spacial score (nSPS) is 12.8. The Morgan fingerprint density at radius 2 is 2.00 bits per heavy atom. The molecule has 2 aromatic carbocycles. The lowest BCUT2D eigenvalue weighted by Gasteiger charge is -2.28. The molecular weight excluding hydrogens is 470 g/mol. The van der Waals surface area contributed by atoms with Gasteiger partial charge in [-0.15, -0.1) is 16.8 Å². The van der Waals surface area contributed by atoms with Gasteiger partial charge < -0.3 is 14.8 Å². The molecular formula is C25H26ClN5O2S. The van der Waals surface area contributed by atoms with Gasteiger partial charge in [-0.3, -0.25) is 9.59 Å². The molecule has 7 nitrogen and oxygen atoms in total. The standard InChI is InChI=1S/C25H26ClN5O2S/c1-3-11-31-22(14-23(32)27-20-9-8-17(2)21(26)13-20)28-29-25(31)34-16-24(33)30-12-10-18-6-4-5-7-19(18)15-30/h3-9,13H,1,10-12,14-16H2,2H3,(H,27,32). The number of halogens is 1. The molecule has 0 aliphatic carbocycles. The molecule has 0 spiro atoms. The molecule has 0 radical (unpaired) electrons. The Balaban J connectivity index is 1.38. The second-order valence-electron chi connectivity index (χ2n) is 8.11. The fraction of sp³-hybridized carbons (Fsp3) is 0.280. The van der Waals surface area contributed by atoms with Crippen LogP contribution < -0.4 is 5.32 Å². The van der Waals surface area contributed by atoms with Crippen molar-refractivity contribution in [3.63, 3.8) is 0 Å². The van der Waals surface area contributed by atoms with E-state index in [4.69, 9.17) is 11.6 Å². The Bertz CT molecular complexity index is 1230. The molecule has 1 N–H and O–H groups in total. The van der Waals surface area contributed by atoms with Crippen molar-refractivity contribution in [3.05, 3.63) is 82.7 Å². The topological polar surface area (TPSA) is 80.1 Å². The SMILES string of the molecule is C=CCn1c(CC(=O)Nc2ccc(C)c(Cl)c2)nnc1SCC(=O)N1CCc2ccccc2C1. The van der Waals surface area contributed by atoms with Gasteiger partial charge in [0.05, 0.1) is 12.2 Å². The number of allylic oxidation sites excluding steroid dienone is 1. The second kappa shape index (κ2) is 10.9. The fourth-order valence-corrected chi connectivity index (χ4v) is 4.86. The van der Waals surface area contributed by atoms with Crippen molar-refractivity contribution in [2.24, 2.45) is 0 Å². The zero-order valence-electron chi connectivity index (χ0n) is 19.0. The third-order valence-corrected chi connectivity index (χ3v) is 7.05. The van der Waals surface area contributed by atoms with Crippen molar-refractivity contribution >= 4 is 40.9 Å². The van der Waals surface area contributed by atoms with Crippen molar-refractivity contribution in [2.45, 2.75) is 38.0 Å². The number of nitrogens with one attached hydrogen (secondary N) is 1. The van der Waals surface area contributed by atoms with Gasteiger partial charge in [0.25, 0.3) is 0 Å². The smallest absolute Gasteiger partial charge is 0.233 e. The first kappa shape index (κ1) is 24.0. The van der Waals surface area contributed by atoms with E-state index in [0.29, 0.717) is 41.3 Å². The van der Waals surface area contributed by atoms with Gasteiger partial charge in [-0.25, -0.2) is 0 Å². The average Bonchev–Trinajstić information content (AvgIpc) is 3.20. The number of rotatable bonds is 8. The lowest BCUT2D eigenvalue weighted by atomic mass is 10.00. The molecule has 1 aliphatic rings. The summed E-state index contributed by atoms with van der Waals surface area (Å²) in [5, 5.41) is 12.5. The van der Waals surface area contributed by atoms with E-state index in [1.54, 1.807) is 18.2 Å². The Kier molecular flexibility index (Phi) is 7.70. The van der Waals surface area contributed by atoms with E-state index in [0.717, 1.165) is 12.0 Å². The van der Waals surface area contributed by atoms with Gasteiger partial charge in [0, 0.05) is 30.3 Å². The number of benzene rings is 2. The molecule has 2 heterocycles. The van der Waals surface area contributed by atoms with E-state index in [-0.39, 0.29) is 24.0 Å². The number of amides is 2. The highest BCUT2D eigenvalue weighted by Crippen LogP contribution is 2.23. The first-order valence-corrected chi connectivity index (χ1v) is 12.4. The molecule has 0 saturated heterocycles. The summed E-state index contributed by atoms with van der Waals surface area (Å²) >= 11 is 7.47. The Morgan fingerprint density at radius 1 is 1.21 bits per heavy atom. The minimum atomic E-state index is -0.225. The largest absolute Gasteiger partial charge is 0.337 e. The van der Waals surface area contributed by atoms with Crippen LogP contribution >= 0.6 is 23.4 Å². The molecule has 4 rings (SSSR count). The van der Waals surface area contributed by atoms with Crippen LogP contribution in [0, 0.1) is 6.92 Å². The molecule has 0 unspecified atom stereocenters. The van der Waals surface area contributed by atoms with Crippen LogP contribution in [0.25, 0.3) is 0 Å². The van der Waals surface area contributed by atoms with Gasteiger partial charge in [-0.1, -0.05) is 59.8 Å². The third kappa shape index (κ3) is 5.69. The van der Waals surface area contributed by atoms with Crippen LogP contribution in [0.15, 0.2) is 60.3 Å². The molecule has 9 heteroatoms. The Labute approximate surface area is 208 Å². The zero-order chi connectivity index (χ0) is 24.1. The van der Waals surface area contributed by atoms with Crippen LogP contribution in [-0.2, 0) is 35.5 Å². The minimum Gasteiger partial charge on any atom is -0.337 e. The predicted molar refractivity (Wildman–Crippen MR) is 135 cm³/mol. The van der Waals surface area contributed by atoms with Gasteiger partial charge in [-0.2, -0.15) is 0 Å². The highest BCUT2D eigenvalue weighted by Gasteiger charge is 2.22. The summed E-state index contributed by atoms with van der Waals surface area (Å²) in [4.78, 5) is 27.3. The van der Waals surface area contributed by atoms with Crippen LogP contribution in [0.5, 0.6) is 0 Å². The molecule has 1 aliphatic heterocycles. The molecule has 34 heavy (non-hydrogen) atoms. The first-order chi connectivity index (χ1) is 16.4. The van der Waals surface area contributed by atoms with Crippen LogP contribution in [0.3, 0.4) is 0 Å². The molecule has 176 valence electrons. The number of hydrogen-bond acceptors (Lipinski definition) is 5. The molecule has 0 saturated carbocycles. The van der Waals surface area contributed by atoms with Gasteiger partial charge in [0.2, 0.25) is 11.8 Å².